The minimum Gasteiger partial charge on any atom is -0.386 e. The second kappa shape index (κ2) is 6.46. The number of aliphatic hydroxyl groups excluding tert-OH is 1. The molecule has 0 fully saturated rings. The van der Waals surface area contributed by atoms with E-state index in [1.54, 1.807) is 12.3 Å². The van der Waals surface area contributed by atoms with E-state index in [9.17, 15) is 18.3 Å². The predicted octanol–water partition coefficient (Wildman–Crippen LogP) is 4.90. The highest BCUT2D eigenvalue weighted by Gasteiger charge is 2.30. The van der Waals surface area contributed by atoms with Crippen LogP contribution in [0, 0.1) is 0 Å². The van der Waals surface area contributed by atoms with Crippen LogP contribution in [0.15, 0.2) is 45.5 Å². The molecule has 0 saturated heterocycles. The Hall–Kier alpha value is -0.920. The summed E-state index contributed by atoms with van der Waals surface area (Å²) in [5.41, 5.74) is 0.342. The van der Waals surface area contributed by atoms with E-state index in [2.05, 4.69) is 36.8 Å². The van der Waals surface area contributed by atoms with E-state index in [0.29, 0.717) is 15.7 Å². The summed E-state index contributed by atoms with van der Waals surface area (Å²) >= 11 is 6.56. The lowest BCUT2D eigenvalue weighted by atomic mass is 10.0. The molecule has 0 aliphatic heterocycles. The van der Waals surface area contributed by atoms with E-state index in [0.717, 1.165) is 16.6 Å². The molecule has 1 N–H and O–H groups in total. The number of rotatable bonds is 3. The Kier molecular flexibility index (Phi) is 5.06. The standard InChI is InChI=1S/C14H10Br2F3NO/c15-10-6-11(16)13(20-7-10)12(21)5-8-1-3-9(4-2-8)14(17,18)19/h1-4,6-7,12,21H,5H2. The Morgan fingerprint density at radius 3 is 2.29 bits per heavy atom. The molecule has 1 atom stereocenters. The summed E-state index contributed by atoms with van der Waals surface area (Å²) in [5, 5.41) is 10.1. The van der Waals surface area contributed by atoms with Crippen molar-refractivity contribution in [1.29, 1.82) is 0 Å². The molecule has 21 heavy (non-hydrogen) atoms. The quantitative estimate of drug-likeness (QED) is 0.759. The topological polar surface area (TPSA) is 33.1 Å². The van der Waals surface area contributed by atoms with Crippen molar-refractivity contribution in [3.8, 4) is 0 Å². The number of hydrogen-bond donors (Lipinski definition) is 1. The third-order valence-electron chi connectivity index (χ3n) is 2.86. The average Bonchev–Trinajstić information content (AvgIpc) is 2.38. The number of aliphatic hydroxyl groups is 1. The second-order valence-electron chi connectivity index (χ2n) is 4.44. The molecule has 1 unspecified atom stereocenters. The molecule has 2 nitrogen and oxygen atoms in total. The van der Waals surface area contributed by atoms with Crippen LogP contribution in [0.25, 0.3) is 0 Å². The van der Waals surface area contributed by atoms with Gasteiger partial charge in [-0.15, -0.1) is 0 Å². The highest BCUT2D eigenvalue weighted by Crippen LogP contribution is 2.30. The van der Waals surface area contributed by atoms with Gasteiger partial charge in [0.2, 0.25) is 0 Å². The summed E-state index contributed by atoms with van der Waals surface area (Å²) in [5.74, 6) is 0. The van der Waals surface area contributed by atoms with Gasteiger partial charge in [0.1, 0.15) is 6.10 Å². The molecular formula is C14H10Br2F3NO. The fourth-order valence-corrected chi connectivity index (χ4v) is 3.07. The number of nitrogens with zero attached hydrogens (tertiary/aromatic N) is 1. The zero-order valence-corrected chi connectivity index (χ0v) is 13.7. The van der Waals surface area contributed by atoms with Crippen molar-refractivity contribution in [3.63, 3.8) is 0 Å². The van der Waals surface area contributed by atoms with E-state index in [1.807, 2.05) is 0 Å². The van der Waals surface area contributed by atoms with Crippen molar-refractivity contribution in [3.05, 3.63) is 62.3 Å². The third-order valence-corrected chi connectivity index (χ3v) is 3.93. The first-order valence-corrected chi connectivity index (χ1v) is 7.51. The van der Waals surface area contributed by atoms with Crippen molar-refractivity contribution in [2.24, 2.45) is 0 Å². The Bertz CT molecular complexity index is 629. The fraction of sp³-hybridized carbons (Fsp3) is 0.214. The lowest BCUT2D eigenvalue weighted by molar-refractivity contribution is -0.137. The zero-order chi connectivity index (χ0) is 15.6. The van der Waals surface area contributed by atoms with E-state index in [4.69, 9.17) is 0 Å². The molecule has 1 aromatic heterocycles. The maximum Gasteiger partial charge on any atom is 0.416 e. The second-order valence-corrected chi connectivity index (χ2v) is 6.21. The van der Waals surface area contributed by atoms with Gasteiger partial charge in [0, 0.05) is 21.6 Å². The van der Waals surface area contributed by atoms with Gasteiger partial charge in [0.05, 0.1) is 11.3 Å². The van der Waals surface area contributed by atoms with Crippen molar-refractivity contribution in [2.75, 3.05) is 0 Å². The first kappa shape index (κ1) is 16.5. The monoisotopic (exact) mass is 423 g/mol. The molecule has 7 heteroatoms. The van der Waals surface area contributed by atoms with E-state index in [-0.39, 0.29) is 6.42 Å². The maximum absolute atomic E-state index is 12.5. The summed E-state index contributed by atoms with van der Waals surface area (Å²) in [6.07, 6.45) is -3.52. The lowest BCUT2D eigenvalue weighted by Crippen LogP contribution is -2.07. The van der Waals surface area contributed by atoms with Gasteiger partial charge in [-0.05, 0) is 55.6 Å². The number of alkyl halides is 3. The Morgan fingerprint density at radius 1 is 1.14 bits per heavy atom. The van der Waals surface area contributed by atoms with E-state index < -0.39 is 17.8 Å². The molecule has 1 aromatic carbocycles. The summed E-state index contributed by atoms with van der Waals surface area (Å²) < 4.78 is 38.8. The van der Waals surface area contributed by atoms with Crippen LogP contribution < -0.4 is 0 Å². The van der Waals surface area contributed by atoms with Gasteiger partial charge in [-0.2, -0.15) is 13.2 Å². The molecule has 2 rings (SSSR count). The fourth-order valence-electron chi connectivity index (χ4n) is 1.82. The van der Waals surface area contributed by atoms with Gasteiger partial charge < -0.3 is 5.11 Å². The van der Waals surface area contributed by atoms with Crippen LogP contribution >= 0.6 is 31.9 Å². The summed E-state index contributed by atoms with van der Waals surface area (Å²) in [4.78, 5) is 4.11. The van der Waals surface area contributed by atoms with Crippen LogP contribution in [-0.2, 0) is 12.6 Å². The van der Waals surface area contributed by atoms with Crippen LogP contribution in [0.5, 0.6) is 0 Å². The first-order chi connectivity index (χ1) is 9.77. The van der Waals surface area contributed by atoms with Crippen LogP contribution in [0.2, 0.25) is 0 Å². The molecule has 0 radical (unpaired) electrons. The summed E-state index contributed by atoms with van der Waals surface area (Å²) in [6.45, 7) is 0. The van der Waals surface area contributed by atoms with Gasteiger partial charge in [-0.3, -0.25) is 4.98 Å². The molecule has 0 aliphatic rings. The van der Waals surface area contributed by atoms with Crippen molar-refractivity contribution < 1.29 is 18.3 Å². The highest BCUT2D eigenvalue weighted by atomic mass is 79.9. The van der Waals surface area contributed by atoms with E-state index >= 15 is 0 Å². The zero-order valence-electron chi connectivity index (χ0n) is 10.5. The van der Waals surface area contributed by atoms with Gasteiger partial charge in [0.15, 0.2) is 0 Å². The molecule has 0 bridgehead atoms. The molecular weight excluding hydrogens is 415 g/mol. The number of benzene rings is 1. The molecule has 112 valence electrons. The molecule has 1 heterocycles. The van der Waals surface area contributed by atoms with Gasteiger partial charge in [-0.25, -0.2) is 0 Å². The molecule has 2 aromatic rings. The SMILES string of the molecule is OC(Cc1ccc(C(F)(F)F)cc1)c1ncc(Br)cc1Br. The Balaban J connectivity index is 2.14. The Morgan fingerprint density at radius 2 is 1.76 bits per heavy atom. The summed E-state index contributed by atoms with van der Waals surface area (Å²) in [7, 11) is 0. The summed E-state index contributed by atoms with van der Waals surface area (Å²) in [6, 6.07) is 6.48. The predicted molar refractivity (Wildman–Crippen MR) is 79.7 cm³/mol. The Labute approximate surface area is 136 Å². The third kappa shape index (κ3) is 4.28. The smallest absolute Gasteiger partial charge is 0.386 e. The number of halogens is 5. The highest BCUT2D eigenvalue weighted by molar-refractivity contribution is 9.11. The number of pyridine rings is 1. The maximum atomic E-state index is 12.5. The molecule has 0 spiro atoms. The molecule has 0 amide bonds. The van der Waals surface area contributed by atoms with E-state index in [1.165, 1.54) is 12.1 Å². The minimum absolute atomic E-state index is 0.186. The van der Waals surface area contributed by atoms with Crippen molar-refractivity contribution in [1.82, 2.24) is 4.98 Å². The van der Waals surface area contributed by atoms with Crippen LogP contribution in [0.1, 0.15) is 22.9 Å². The van der Waals surface area contributed by atoms with Crippen molar-refractivity contribution >= 4 is 31.9 Å². The number of aromatic nitrogens is 1. The minimum atomic E-state index is -4.35. The largest absolute Gasteiger partial charge is 0.416 e. The normalized spacial score (nSPS) is 13.2. The van der Waals surface area contributed by atoms with Crippen LogP contribution in [0.3, 0.4) is 0 Å². The van der Waals surface area contributed by atoms with Gasteiger partial charge in [0.25, 0.3) is 0 Å². The average molecular weight is 425 g/mol. The first-order valence-electron chi connectivity index (χ1n) is 5.92. The van der Waals surface area contributed by atoms with Crippen LogP contribution in [-0.4, -0.2) is 10.1 Å². The van der Waals surface area contributed by atoms with Gasteiger partial charge in [-0.1, -0.05) is 12.1 Å². The molecule has 0 saturated carbocycles. The van der Waals surface area contributed by atoms with Crippen molar-refractivity contribution in [2.45, 2.75) is 18.7 Å². The van der Waals surface area contributed by atoms with Crippen LogP contribution in [0.4, 0.5) is 13.2 Å². The van der Waals surface area contributed by atoms with Gasteiger partial charge >= 0.3 is 6.18 Å². The molecule has 0 aliphatic carbocycles. The number of hydrogen-bond acceptors (Lipinski definition) is 2. The lowest BCUT2D eigenvalue weighted by Gasteiger charge is -2.13.